The average molecular weight is 350 g/mol. The minimum atomic E-state index is -0.310. The molecule has 1 heterocycles. The van der Waals surface area contributed by atoms with E-state index in [1.807, 2.05) is 19.1 Å². The first-order chi connectivity index (χ1) is 11.6. The summed E-state index contributed by atoms with van der Waals surface area (Å²) in [5.74, 6) is -0.0666. The highest BCUT2D eigenvalue weighted by molar-refractivity contribution is 6.30. The zero-order chi connectivity index (χ0) is 17.4. The maximum Gasteiger partial charge on any atom is 0.315 e. The highest BCUT2D eigenvalue weighted by atomic mass is 35.5. The largest absolute Gasteiger partial charge is 0.459 e. The minimum Gasteiger partial charge on any atom is -0.459 e. The van der Waals surface area contributed by atoms with Crippen molar-refractivity contribution in [3.63, 3.8) is 0 Å². The smallest absolute Gasteiger partial charge is 0.315 e. The number of benzene rings is 1. The van der Waals surface area contributed by atoms with E-state index in [-0.39, 0.29) is 23.7 Å². The summed E-state index contributed by atoms with van der Waals surface area (Å²) in [5, 5.41) is 8.92. The highest BCUT2D eigenvalue weighted by Crippen LogP contribution is 2.18. The Kier molecular flexibility index (Phi) is 6.69. The van der Waals surface area contributed by atoms with Gasteiger partial charge in [0.1, 0.15) is 0 Å². The van der Waals surface area contributed by atoms with Crippen molar-refractivity contribution in [1.29, 1.82) is 0 Å². The maximum atomic E-state index is 11.9. The van der Waals surface area contributed by atoms with Crippen LogP contribution < -0.4 is 16.0 Å². The van der Waals surface area contributed by atoms with Crippen LogP contribution in [0.3, 0.4) is 0 Å². The second-order valence-electron chi connectivity index (χ2n) is 5.15. The standard InChI is InChI=1S/C17H20ClN3O3/c1-2-14(12-5-7-13(18)8-6-12)21-17(23)20-10-9-19-16(22)15-4-3-11-24-15/h3-8,11,14H,2,9-10H2,1H3,(H,19,22)(H2,20,21,23). The molecule has 0 aliphatic carbocycles. The van der Waals surface area contributed by atoms with Gasteiger partial charge in [-0.05, 0) is 36.2 Å². The van der Waals surface area contributed by atoms with Crippen LogP contribution in [0.5, 0.6) is 0 Å². The van der Waals surface area contributed by atoms with Crippen LogP contribution in [-0.4, -0.2) is 25.0 Å². The number of furan rings is 1. The number of carbonyl (C=O) groups excluding carboxylic acids is 2. The Morgan fingerprint density at radius 1 is 1.12 bits per heavy atom. The predicted molar refractivity (Wildman–Crippen MR) is 92.1 cm³/mol. The topological polar surface area (TPSA) is 83.4 Å². The number of nitrogens with one attached hydrogen (secondary N) is 3. The number of rotatable bonds is 7. The van der Waals surface area contributed by atoms with Crippen LogP contribution in [0.1, 0.15) is 35.5 Å². The maximum absolute atomic E-state index is 11.9. The molecular weight excluding hydrogens is 330 g/mol. The normalized spacial score (nSPS) is 11.6. The Morgan fingerprint density at radius 3 is 2.46 bits per heavy atom. The van der Waals surface area contributed by atoms with Crippen molar-refractivity contribution in [2.45, 2.75) is 19.4 Å². The van der Waals surface area contributed by atoms with Gasteiger partial charge in [-0.1, -0.05) is 30.7 Å². The van der Waals surface area contributed by atoms with E-state index in [1.165, 1.54) is 6.26 Å². The number of amides is 3. The lowest BCUT2D eigenvalue weighted by molar-refractivity contribution is 0.0926. The van der Waals surface area contributed by atoms with Gasteiger partial charge in [0.25, 0.3) is 5.91 Å². The molecule has 7 heteroatoms. The van der Waals surface area contributed by atoms with Gasteiger partial charge < -0.3 is 20.4 Å². The molecule has 0 saturated carbocycles. The van der Waals surface area contributed by atoms with Crippen molar-refractivity contribution in [2.24, 2.45) is 0 Å². The number of hydrogen-bond acceptors (Lipinski definition) is 3. The molecule has 0 saturated heterocycles. The second-order valence-corrected chi connectivity index (χ2v) is 5.58. The summed E-state index contributed by atoms with van der Waals surface area (Å²) in [6.45, 7) is 2.61. The van der Waals surface area contributed by atoms with E-state index in [0.29, 0.717) is 18.1 Å². The van der Waals surface area contributed by atoms with Crippen LogP contribution in [0, 0.1) is 0 Å². The van der Waals surface area contributed by atoms with Crippen LogP contribution in [-0.2, 0) is 0 Å². The summed E-state index contributed by atoms with van der Waals surface area (Å²) >= 11 is 5.87. The predicted octanol–water partition coefficient (Wildman–Crippen LogP) is 3.11. The quantitative estimate of drug-likeness (QED) is 0.671. The molecule has 24 heavy (non-hydrogen) atoms. The molecule has 0 fully saturated rings. The van der Waals surface area contributed by atoms with Gasteiger partial charge in [-0.2, -0.15) is 0 Å². The fourth-order valence-corrected chi connectivity index (χ4v) is 2.30. The molecule has 0 aliphatic rings. The first-order valence-electron chi connectivity index (χ1n) is 7.71. The third kappa shape index (κ3) is 5.31. The van der Waals surface area contributed by atoms with Crippen LogP contribution in [0.4, 0.5) is 4.79 Å². The fourth-order valence-electron chi connectivity index (χ4n) is 2.17. The Morgan fingerprint density at radius 2 is 1.83 bits per heavy atom. The lowest BCUT2D eigenvalue weighted by Gasteiger charge is -2.18. The fraction of sp³-hybridized carbons (Fsp3) is 0.294. The monoisotopic (exact) mass is 349 g/mol. The molecular formula is C17H20ClN3O3. The van der Waals surface area contributed by atoms with Crippen molar-refractivity contribution in [3.05, 3.63) is 59.0 Å². The van der Waals surface area contributed by atoms with Crippen LogP contribution in [0.25, 0.3) is 0 Å². The number of hydrogen-bond donors (Lipinski definition) is 3. The molecule has 0 radical (unpaired) electrons. The lowest BCUT2D eigenvalue weighted by Crippen LogP contribution is -2.41. The molecule has 3 amide bonds. The Balaban J connectivity index is 1.72. The van der Waals surface area contributed by atoms with Crippen molar-refractivity contribution >= 4 is 23.5 Å². The third-order valence-electron chi connectivity index (χ3n) is 3.43. The molecule has 0 spiro atoms. The van der Waals surface area contributed by atoms with Crippen molar-refractivity contribution in [1.82, 2.24) is 16.0 Å². The van der Waals surface area contributed by atoms with E-state index in [1.54, 1.807) is 24.3 Å². The van der Waals surface area contributed by atoms with Gasteiger partial charge in [-0.3, -0.25) is 4.79 Å². The van der Waals surface area contributed by atoms with E-state index < -0.39 is 0 Å². The first-order valence-corrected chi connectivity index (χ1v) is 8.09. The van der Waals surface area contributed by atoms with Gasteiger partial charge >= 0.3 is 6.03 Å². The first kappa shape index (κ1) is 17.9. The molecule has 1 unspecified atom stereocenters. The summed E-state index contributed by atoms with van der Waals surface area (Å²) in [7, 11) is 0. The van der Waals surface area contributed by atoms with Gasteiger partial charge in [0.15, 0.2) is 5.76 Å². The molecule has 2 rings (SSSR count). The molecule has 1 aromatic carbocycles. The van der Waals surface area contributed by atoms with E-state index in [2.05, 4.69) is 16.0 Å². The average Bonchev–Trinajstić information content (AvgIpc) is 3.12. The number of halogens is 1. The summed E-state index contributed by atoms with van der Waals surface area (Å²) in [6.07, 6.45) is 2.19. The van der Waals surface area contributed by atoms with Crippen molar-refractivity contribution in [3.8, 4) is 0 Å². The Hall–Kier alpha value is -2.47. The van der Waals surface area contributed by atoms with Gasteiger partial charge in [0.2, 0.25) is 0 Å². The lowest BCUT2D eigenvalue weighted by atomic mass is 10.1. The summed E-state index contributed by atoms with van der Waals surface area (Å²) < 4.78 is 4.98. The zero-order valence-electron chi connectivity index (χ0n) is 13.3. The molecule has 1 atom stereocenters. The van der Waals surface area contributed by atoms with Gasteiger partial charge in [0, 0.05) is 18.1 Å². The zero-order valence-corrected chi connectivity index (χ0v) is 14.1. The second kappa shape index (κ2) is 8.98. The van der Waals surface area contributed by atoms with Crippen molar-refractivity contribution < 1.29 is 14.0 Å². The Bertz CT molecular complexity index is 656. The third-order valence-corrected chi connectivity index (χ3v) is 3.68. The summed E-state index contributed by atoms with van der Waals surface area (Å²) in [6, 6.07) is 10.2. The van der Waals surface area contributed by atoms with Crippen molar-refractivity contribution in [2.75, 3.05) is 13.1 Å². The highest BCUT2D eigenvalue weighted by Gasteiger charge is 2.12. The van der Waals surface area contributed by atoms with Gasteiger partial charge in [0.05, 0.1) is 12.3 Å². The molecule has 2 aromatic rings. The van der Waals surface area contributed by atoms with Crippen LogP contribution in [0.2, 0.25) is 5.02 Å². The van der Waals surface area contributed by atoms with E-state index >= 15 is 0 Å². The van der Waals surface area contributed by atoms with Crippen LogP contribution >= 0.6 is 11.6 Å². The molecule has 6 nitrogen and oxygen atoms in total. The van der Waals surface area contributed by atoms with Crippen LogP contribution in [0.15, 0.2) is 47.1 Å². The SMILES string of the molecule is CCC(NC(=O)NCCNC(=O)c1ccco1)c1ccc(Cl)cc1. The minimum absolute atomic E-state index is 0.0972. The molecule has 3 N–H and O–H groups in total. The Labute approximate surface area is 145 Å². The molecule has 0 aliphatic heterocycles. The van der Waals surface area contributed by atoms with E-state index in [4.69, 9.17) is 16.0 Å². The number of urea groups is 1. The molecule has 1 aromatic heterocycles. The summed E-state index contributed by atoms with van der Waals surface area (Å²) in [5.41, 5.74) is 0.989. The molecule has 0 bridgehead atoms. The number of carbonyl (C=O) groups is 2. The van der Waals surface area contributed by atoms with E-state index in [9.17, 15) is 9.59 Å². The van der Waals surface area contributed by atoms with Gasteiger partial charge in [-0.25, -0.2) is 4.79 Å². The summed E-state index contributed by atoms with van der Waals surface area (Å²) in [4.78, 5) is 23.6. The van der Waals surface area contributed by atoms with Gasteiger partial charge in [-0.15, -0.1) is 0 Å². The molecule has 128 valence electrons. The van der Waals surface area contributed by atoms with E-state index in [0.717, 1.165) is 12.0 Å².